The Morgan fingerprint density at radius 1 is 1.55 bits per heavy atom. The zero-order valence-electron chi connectivity index (χ0n) is 12.9. The molecule has 1 N–H and O–H groups in total. The molecule has 0 aliphatic carbocycles. The lowest BCUT2D eigenvalue weighted by molar-refractivity contribution is -0.384. The van der Waals surface area contributed by atoms with Crippen molar-refractivity contribution in [1.29, 1.82) is 0 Å². The molecule has 0 spiro atoms. The second kappa shape index (κ2) is 7.22. The third kappa shape index (κ3) is 3.54. The molecule has 7 heteroatoms. The normalized spacial score (nSPS) is 18.1. The summed E-state index contributed by atoms with van der Waals surface area (Å²) < 4.78 is 4.70. The van der Waals surface area contributed by atoms with Crippen LogP contribution in [0.25, 0.3) is 0 Å². The number of nitro groups is 1. The van der Waals surface area contributed by atoms with Gasteiger partial charge in [0.15, 0.2) is 0 Å². The van der Waals surface area contributed by atoms with Gasteiger partial charge in [0.05, 0.1) is 17.6 Å². The molecule has 0 amide bonds. The average molecular weight is 307 g/mol. The Labute approximate surface area is 129 Å². The van der Waals surface area contributed by atoms with Crippen molar-refractivity contribution in [3.8, 4) is 0 Å². The predicted molar refractivity (Wildman–Crippen MR) is 83.3 cm³/mol. The van der Waals surface area contributed by atoms with Crippen molar-refractivity contribution in [2.45, 2.75) is 12.8 Å². The highest BCUT2D eigenvalue weighted by molar-refractivity contribution is 5.91. The maximum absolute atomic E-state index is 11.7. The molecular formula is C15H21N3O4. The molecule has 7 nitrogen and oxygen atoms in total. The first kappa shape index (κ1) is 16.2. The molecule has 1 unspecified atom stereocenters. The summed E-state index contributed by atoms with van der Waals surface area (Å²) in [7, 11) is 3.20. The first-order valence-corrected chi connectivity index (χ1v) is 7.33. The molecule has 2 rings (SSSR count). The third-order valence-electron chi connectivity index (χ3n) is 3.95. The molecule has 0 saturated carbocycles. The number of hydrogen-bond donors (Lipinski definition) is 1. The van der Waals surface area contributed by atoms with Crippen molar-refractivity contribution >= 4 is 17.3 Å². The summed E-state index contributed by atoms with van der Waals surface area (Å²) in [6.07, 6.45) is 2.08. The Hall–Kier alpha value is -2.15. The van der Waals surface area contributed by atoms with Crippen molar-refractivity contribution in [2.24, 2.45) is 5.92 Å². The molecule has 0 radical (unpaired) electrons. The lowest BCUT2D eigenvalue weighted by atomic mass is 9.97. The molecular weight excluding hydrogens is 286 g/mol. The van der Waals surface area contributed by atoms with Crippen molar-refractivity contribution in [3.05, 3.63) is 33.9 Å². The van der Waals surface area contributed by atoms with Gasteiger partial charge in [-0.2, -0.15) is 0 Å². The van der Waals surface area contributed by atoms with Crippen LogP contribution in [-0.2, 0) is 4.74 Å². The van der Waals surface area contributed by atoms with E-state index in [1.165, 1.54) is 19.2 Å². The average Bonchev–Trinajstić information content (AvgIpc) is 2.54. The molecule has 1 aliphatic rings. The second-order valence-corrected chi connectivity index (χ2v) is 5.46. The van der Waals surface area contributed by atoms with Gasteiger partial charge < -0.3 is 15.0 Å². The van der Waals surface area contributed by atoms with E-state index in [0.29, 0.717) is 17.2 Å². The minimum absolute atomic E-state index is 0.0257. The van der Waals surface area contributed by atoms with Crippen LogP contribution in [0.15, 0.2) is 18.2 Å². The highest BCUT2D eigenvalue weighted by Gasteiger charge is 2.26. The minimum Gasteiger partial charge on any atom is -0.465 e. The number of hydrogen-bond acceptors (Lipinski definition) is 6. The standard InChI is InChI=1S/C15H21N3O4/c1-16-9-11-4-3-7-17(10-11)14-8-12(15(19)22-2)5-6-13(14)18(20)21/h5-6,8,11,16H,3-4,7,9-10H2,1-2H3. The first-order chi connectivity index (χ1) is 10.6. The van der Waals surface area contributed by atoms with E-state index >= 15 is 0 Å². The summed E-state index contributed by atoms with van der Waals surface area (Å²) in [5, 5.41) is 14.4. The van der Waals surface area contributed by atoms with Gasteiger partial charge in [-0.3, -0.25) is 10.1 Å². The first-order valence-electron chi connectivity index (χ1n) is 7.33. The molecule has 1 aliphatic heterocycles. The number of rotatable bonds is 5. The number of anilines is 1. The maximum atomic E-state index is 11.7. The number of methoxy groups -OCH3 is 1. The largest absolute Gasteiger partial charge is 0.465 e. The maximum Gasteiger partial charge on any atom is 0.337 e. The van der Waals surface area contributed by atoms with E-state index in [1.54, 1.807) is 6.07 Å². The lowest BCUT2D eigenvalue weighted by Crippen LogP contribution is -2.39. The van der Waals surface area contributed by atoms with Crippen LogP contribution < -0.4 is 10.2 Å². The van der Waals surface area contributed by atoms with Gasteiger partial charge in [0, 0.05) is 19.2 Å². The van der Waals surface area contributed by atoms with Crippen LogP contribution in [0.4, 0.5) is 11.4 Å². The highest BCUT2D eigenvalue weighted by Crippen LogP contribution is 2.32. The molecule has 1 fully saturated rings. The van der Waals surface area contributed by atoms with Crippen LogP contribution in [-0.4, -0.2) is 44.7 Å². The molecule has 22 heavy (non-hydrogen) atoms. The van der Waals surface area contributed by atoms with Gasteiger partial charge in [-0.05, 0) is 44.5 Å². The Bertz CT molecular complexity index is 560. The van der Waals surface area contributed by atoms with Crippen molar-refractivity contribution < 1.29 is 14.5 Å². The smallest absolute Gasteiger partial charge is 0.337 e. The number of nitrogens with zero attached hydrogens (tertiary/aromatic N) is 2. The quantitative estimate of drug-likeness (QED) is 0.507. The topological polar surface area (TPSA) is 84.7 Å². The Balaban J connectivity index is 2.33. The van der Waals surface area contributed by atoms with Gasteiger partial charge in [0.25, 0.3) is 5.69 Å². The fourth-order valence-corrected chi connectivity index (χ4v) is 2.92. The van der Waals surface area contributed by atoms with Crippen LogP contribution >= 0.6 is 0 Å². The number of piperidine rings is 1. The number of carbonyl (C=O) groups is 1. The summed E-state index contributed by atoms with van der Waals surface area (Å²) in [5.74, 6) is -0.0416. The zero-order chi connectivity index (χ0) is 16.1. The number of esters is 1. The molecule has 1 aromatic rings. The summed E-state index contributed by atoms with van der Waals surface area (Å²) in [6, 6.07) is 4.37. The Morgan fingerprint density at radius 2 is 2.32 bits per heavy atom. The van der Waals surface area contributed by atoms with E-state index in [1.807, 2.05) is 11.9 Å². The van der Waals surface area contributed by atoms with Crippen LogP contribution in [0.5, 0.6) is 0 Å². The van der Waals surface area contributed by atoms with Crippen LogP contribution in [0.2, 0.25) is 0 Å². The number of nitrogens with one attached hydrogen (secondary N) is 1. The van der Waals surface area contributed by atoms with E-state index in [4.69, 9.17) is 4.74 Å². The van der Waals surface area contributed by atoms with Gasteiger partial charge in [-0.25, -0.2) is 4.79 Å². The molecule has 0 aromatic heterocycles. The summed E-state index contributed by atoms with van der Waals surface area (Å²) >= 11 is 0. The summed E-state index contributed by atoms with van der Waals surface area (Å²) in [4.78, 5) is 24.5. The number of benzene rings is 1. The third-order valence-corrected chi connectivity index (χ3v) is 3.95. The number of nitro benzene ring substituents is 1. The number of ether oxygens (including phenoxy) is 1. The fraction of sp³-hybridized carbons (Fsp3) is 0.533. The van der Waals surface area contributed by atoms with E-state index < -0.39 is 10.9 Å². The van der Waals surface area contributed by atoms with Gasteiger partial charge in [-0.15, -0.1) is 0 Å². The van der Waals surface area contributed by atoms with Gasteiger partial charge >= 0.3 is 5.97 Å². The molecule has 1 heterocycles. The van der Waals surface area contributed by atoms with E-state index in [9.17, 15) is 14.9 Å². The molecule has 1 aromatic carbocycles. The van der Waals surface area contributed by atoms with Crippen molar-refractivity contribution in [1.82, 2.24) is 5.32 Å². The van der Waals surface area contributed by atoms with Crippen molar-refractivity contribution in [2.75, 3.05) is 38.7 Å². The highest BCUT2D eigenvalue weighted by atomic mass is 16.6. The van der Waals surface area contributed by atoms with Gasteiger partial charge in [-0.1, -0.05) is 0 Å². The van der Waals surface area contributed by atoms with Crippen molar-refractivity contribution in [3.63, 3.8) is 0 Å². The minimum atomic E-state index is -0.486. The fourth-order valence-electron chi connectivity index (χ4n) is 2.92. The van der Waals surface area contributed by atoms with Crippen LogP contribution in [0.1, 0.15) is 23.2 Å². The lowest BCUT2D eigenvalue weighted by Gasteiger charge is -2.34. The van der Waals surface area contributed by atoms with Crippen LogP contribution in [0.3, 0.4) is 0 Å². The monoisotopic (exact) mass is 307 g/mol. The molecule has 1 atom stereocenters. The summed E-state index contributed by atoms with van der Waals surface area (Å²) in [5.41, 5.74) is 0.852. The Kier molecular flexibility index (Phi) is 5.32. The van der Waals surface area contributed by atoms with Crippen LogP contribution in [0, 0.1) is 16.0 Å². The Morgan fingerprint density at radius 3 is 2.95 bits per heavy atom. The zero-order valence-corrected chi connectivity index (χ0v) is 12.9. The predicted octanol–water partition coefficient (Wildman–Crippen LogP) is 1.82. The van der Waals surface area contributed by atoms with E-state index in [2.05, 4.69) is 5.32 Å². The van der Waals surface area contributed by atoms with E-state index in [0.717, 1.165) is 32.5 Å². The molecule has 1 saturated heterocycles. The van der Waals surface area contributed by atoms with Gasteiger partial charge in [0.1, 0.15) is 5.69 Å². The second-order valence-electron chi connectivity index (χ2n) is 5.46. The SMILES string of the molecule is CNCC1CCCN(c2cc(C(=O)OC)ccc2[N+](=O)[O-])C1. The van der Waals surface area contributed by atoms with Gasteiger partial charge in [0.2, 0.25) is 0 Å². The summed E-state index contributed by atoms with van der Waals surface area (Å²) in [6.45, 7) is 2.37. The van der Waals surface area contributed by atoms with E-state index in [-0.39, 0.29) is 5.69 Å². The number of carbonyl (C=O) groups excluding carboxylic acids is 1. The molecule has 120 valence electrons. The molecule has 0 bridgehead atoms.